The molecule has 7 nitrogen and oxygen atoms in total. The molecule has 35 heavy (non-hydrogen) atoms. The van der Waals surface area contributed by atoms with E-state index in [-0.39, 0.29) is 17.6 Å². The molecule has 0 fully saturated rings. The summed E-state index contributed by atoms with van der Waals surface area (Å²) in [5, 5.41) is 17.5. The summed E-state index contributed by atoms with van der Waals surface area (Å²) in [5.74, 6) is -2.48. The van der Waals surface area contributed by atoms with Crippen LogP contribution < -0.4 is 10.6 Å². The number of carbonyl (C=O) groups excluding carboxylic acids is 2. The van der Waals surface area contributed by atoms with Gasteiger partial charge in [0.2, 0.25) is 11.8 Å². The van der Waals surface area contributed by atoms with Crippen molar-refractivity contribution in [2.75, 3.05) is 16.4 Å². The Labute approximate surface area is 211 Å². The second-order valence-corrected chi connectivity index (χ2v) is 10.2. The van der Waals surface area contributed by atoms with Gasteiger partial charge in [-0.05, 0) is 44.0 Å². The fourth-order valence-electron chi connectivity index (χ4n) is 3.74. The third-order valence-electron chi connectivity index (χ3n) is 5.68. The Kier molecular flexibility index (Phi) is 7.99. The second kappa shape index (κ2) is 11.3. The zero-order valence-corrected chi connectivity index (χ0v) is 20.7. The van der Waals surface area contributed by atoms with Gasteiger partial charge in [-0.2, -0.15) is 0 Å². The average molecular weight is 508 g/mol. The number of benzene rings is 2. The van der Waals surface area contributed by atoms with Crippen molar-refractivity contribution in [2.24, 2.45) is 11.8 Å². The largest absolute Gasteiger partial charge is 0.481 e. The van der Waals surface area contributed by atoms with E-state index >= 15 is 0 Å². The number of nitrogens with zero attached hydrogens (tertiary/aromatic N) is 1. The molecule has 1 aliphatic rings. The Morgan fingerprint density at radius 2 is 1.69 bits per heavy atom. The van der Waals surface area contributed by atoms with E-state index in [9.17, 15) is 19.5 Å². The van der Waals surface area contributed by atoms with Crippen molar-refractivity contribution in [1.82, 2.24) is 4.98 Å². The third-order valence-corrected chi connectivity index (χ3v) is 7.45. The number of carboxylic acids is 1. The number of carbonyl (C=O) groups is 3. The standard InChI is InChI=1S/C26H25N3O4S2/c1-16-6-8-17(9-7-16)22-14-35-26(28-22)29-23(30)15-34-19-12-10-18(11-13-19)27-24(31)20-4-2-3-5-21(20)25(32)33/h2-3,6-14,20-21H,4-5,15H2,1H3,(H,27,31)(H,32,33)(H,28,29,30). The minimum absolute atomic E-state index is 0.151. The van der Waals surface area contributed by atoms with Gasteiger partial charge in [0.05, 0.1) is 23.3 Å². The Hall–Kier alpha value is -3.43. The van der Waals surface area contributed by atoms with Crippen LogP contribution in [0.2, 0.25) is 0 Å². The van der Waals surface area contributed by atoms with E-state index in [0.717, 1.165) is 16.2 Å². The highest BCUT2D eigenvalue weighted by molar-refractivity contribution is 8.00. The lowest BCUT2D eigenvalue weighted by Gasteiger charge is -2.24. The molecule has 3 aromatic rings. The van der Waals surface area contributed by atoms with Gasteiger partial charge >= 0.3 is 5.97 Å². The van der Waals surface area contributed by atoms with Crippen LogP contribution in [0.25, 0.3) is 11.3 Å². The maximum absolute atomic E-state index is 12.6. The summed E-state index contributed by atoms with van der Waals surface area (Å²) in [4.78, 5) is 41.8. The van der Waals surface area contributed by atoms with Gasteiger partial charge in [-0.15, -0.1) is 23.1 Å². The van der Waals surface area contributed by atoms with Gasteiger partial charge in [-0.25, -0.2) is 4.98 Å². The molecule has 0 saturated heterocycles. The highest BCUT2D eigenvalue weighted by Crippen LogP contribution is 2.28. The minimum atomic E-state index is -0.955. The quantitative estimate of drug-likeness (QED) is 0.276. The highest BCUT2D eigenvalue weighted by Gasteiger charge is 2.33. The van der Waals surface area contributed by atoms with E-state index in [1.807, 2.05) is 60.9 Å². The number of aromatic nitrogens is 1. The van der Waals surface area contributed by atoms with E-state index in [1.54, 1.807) is 12.1 Å². The normalized spacial score (nSPS) is 17.1. The van der Waals surface area contributed by atoms with Crippen molar-refractivity contribution in [3.63, 3.8) is 0 Å². The van der Waals surface area contributed by atoms with Crippen molar-refractivity contribution in [1.29, 1.82) is 0 Å². The molecule has 2 unspecified atom stereocenters. The number of aliphatic carboxylic acids is 1. The molecule has 0 saturated carbocycles. The molecule has 0 radical (unpaired) electrons. The molecular weight excluding hydrogens is 482 g/mol. The SMILES string of the molecule is Cc1ccc(-c2csc(NC(=O)CSc3ccc(NC(=O)C4CC=CCC4C(=O)O)cc3)n2)cc1. The van der Waals surface area contributed by atoms with Crippen LogP contribution in [0.15, 0.2) is 71.0 Å². The van der Waals surface area contributed by atoms with E-state index in [2.05, 4.69) is 15.6 Å². The van der Waals surface area contributed by atoms with E-state index in [0.29, 0.717) is 23.7 Å². The number of hydrogen-bond acceptors (Lipinski definition) is 6. The van der Waals surface area contributed by atoms with E-state index in [4.69, 9.17) is 0 Å². The third kappa shape index (κ3) is 6.58. The highest BCUT2D eigenvalue weighted by atomic mass is 32.2. The first-order valence-electron chi connectivity index (χ1n) is 11.1. The summed E-state index contributed by atoms with van der Waals surface area (Å²) in [7, 11) is 0. The predicted molar refractivity (Wildman–Crippen MR) is 140 cm³/mol. The molecular formula is C26H25N3O4S2. The molecule has 2 amide bonds. The molecule has 3 N–H and O–H groups in total. The number of amides is 2. The topological polar surface area (TPSA) is 108 Å². The Bertz CT molecular complexity index is 1240. The average Bonchev–Trinajstić information content (AvgIpc) is 3.32. The van der Waals surface area contributed by atoms with Gasteiger partial charge in [0.25, 0.3) is 0 Å². The predicted octanol–water partition coefficient (Wildman–Crippen LogP) is 5.45. The fraction of sp³-hybridized carbons (Fsp3) is 0.231. The number of carboxylic acid groups (broad SMARTS) is 1. The van der Waals surface area contributed by atoms with Crippen LogP contribution in [0.4, 0.5) is 10.8 Å². The lowest BCUT2D eigenvalue weighted by molar-refractivity contribution is -0.146. The molecule has 4 rings (SSSR count). The first kappa shape index (κ1) is 24.7. The van der Waals surface area contributed by atoms with Crippen molar-refractivity contribution in [2.45, 2.75) is 24.7 Å². The molecule has 0 bridgehead atoms. The molecule has 0 aliphatic heterocycles. The molecule has 1 aromatic heterocycles. The van der Waals surface area contributed by atoms with E-state index < -0.39 is 17.8 Å². The Morgan fingerprint density at radius 1 is 1.00 bits per heavy atom. The minimum Gasteiger partial charge on any atom is -0.481 e. The van der Waals surface area contributed by atoms with Gasteiger partial charge in [0, 0.05) is 21.5 Å². The number of nitrogens with one attached hydrogen (secondary N) is 2. The van der Waals surface area contributed by atoms with Crippen molar-refractivity contribution in [3.8, 4) is 11.3 Å². The molecule has 9 heteroatoms. The van der Waals surface area contributed by atoms with Crippen LogP contribution in [0.3, 0.4) is 0 Å². The summed E-state index contributed by atoms with van der Waals surface area (Å²) in [6.07, 6.45) is 4.43. The van der Waals surface area contributed by atoms with Gasteiger partial charge in [-0.1, -0.05) is 42.0 Å². The van der Waals surface area contributed by atoms with Crippen LogP contribution in [0.1, 0.15) is 18.4 Å². The number of aryl methyl sites for hydroxylation is 1. The maximum atomic E-state index is 12.6. The zero-order valence-electron chi connectivity index (χ0n) is 19.1. The Balaban J connectivity index is 1.26. The van der Waals surface area contributed by atoms with Crippen molar-refractivity contribution in [3.05, 3.63) is 71.6 Å². The maximum Gasteiger partial charge on any atom is 0.307 e. The van der Waals surface area contributed by atoms with Crippen molar-refractivity contribution >= 4 is 51.7 Å². The molecule has 2 atom stereocenters. The number of thioether (sulfide) groups is 1. The summed E-state index contributed by atoms with van der Waals surface area (Å²) >= 11 is 2.76. The molecule has 1 aliphatic carbocycles. The molecule has 0 spiro atoms. The molecule has 1 heterocycles. The van der Waals surface area contributed by atoms with Gasteiger partial charge in [0.1, 0.15) is 0 Å². The first-order valence-corrected chi connectivity index (χ1v) is 13.0. The van der Waals surface area contributed by atoms with Gasteiger partial charge < -0.3 is 15.7 Å². The van der Waals surface area contributed by atoms with Gasteiger partial charge in [0.15, 0.2) is 5.13 Å². The number of thiazole rings is 1. The van der Waals surface area contributed by atoms with Crippen LogP contribution in [0, 0.1) is 18.8 Å². The Morgan fingerprint density at radius 3 is 2.37 bits per heavy atom. The zero-order chi connectivity index (χ0) is 24.8. The summed E-state index contributed by atoms with van der Waals surface area (Å²) in [6, 6.07) is 15.2. The molecule has 180 valence electrons. The summed E-state index contributed by atoms with van der Waals surface area (Å²) in [5.41, 5.74) is 3.61. The van der Waals surface area contributed by atoms with Crippen LogP contribution in [-0.2, 0) is 14.4 Å². The van der Waals surface area contributed by atoms with Gasteiger partial charge in [-0.3, -0.25) is 14.4 Å². The van der Waals surface area contributed by atoms with E-state index in [1.165, 1.54) is 28.7 Å². The number of rotatable bonds is 8. The monoisotopic (exact) mass is 507 g/mol. The van der Waals surface area contributed by atoms with Crippen LogP contribution in [-0.4, -0.2) is 33.6 Å². The summed E-state index contributed by atoms with van der Waals surface area (Å²) in [6.45, 7) is 2.03. The number of anilines is 2. The second-order valence-electron chi connectivity index (χ2n) is 8.25. The fourth-order valence-corrected chi connectivity index (χ4v) is 5.17. The van der Waals surface area contributed by atoms with Crippen LogP contribution >= 0.6 is 23.1 Å². The molecule has 2 aromatic carbocycles. The smallest absolute Gasteiger partial charge is 0.307 e. The lowest BCUT2D eigenvalue weighted by atomic mass is 9.82. The number of hydrogen-bond donors (Lipinski definition) is 3. The number of allylic oxidation sites excluding steroid dienone is 2. The van der Waals surface area contributed by atoms with Crippen molar-refractivity contribution < 1.29 is 19.5 Å². The summed E-state index contributed by atoms with van der Waals surface area (Å²) < 4.78 is 0. The lowest BCUT2D eigenvalue weighted by Crippen LogP contribution is -2.34. The first-order chi connectivity index (χ1) is 16.9. The van der Waals surface area contributed by atoms with Crippen LogP contribution in [0.5, 0.6) is 0 Å².